The number of aryl methyl sites for hydroxylation is 1. The van der Waals surface area contributed by atoms with Gasteiger partial charge in [0, 0.05) is 18.2 Å². The number of methoxy groups -OCH3 is 1. The molecule has 0 fully saturated rings. The second-order valence-corrected chi connectivity index (χ2v) is 16.8. The molecule has 0 spiro atoms. The third-order valence-corrected chi connectivity index (χ3v) is 12.2. The van der Waals surface area contributed by atoms with Crippen LogP contribution in [0.2, 0.25) is 5.02 Å². The predicted molar refractivity (Wildman–Crippen MR) is 229 cm³/mol. The number of ether oxygens (including phenoxy) is 5. The van der Waals surface area contributed by atoms with Gasteiger partial charge in [-0.25, -0.2) is 24.7 Å². The van der Waals surface area contributed by atoms with Crippen LogP contribution in [0, 0.1) is 13.8 Å². The fourth-order valence-electron chi connectivity index (χ4n) is 6.70. The molecule has 18 heteroatoms. The highest BCUT2D eigenvalue weighted by Gasteiger charge is 2.30. The van der Waals surface area contributed by atoms with Gasteiger partial charge in [-0.1, -0.05) is 47.5 Å². The lowest BCUT2D eigenvalue weighted by molar-refractivity contribution is -0.145. The Labute approximate surface area is 368 Å². The highest BCUT2D eigenvalue weighted by atomic mass is 79.9. The van der Waals surface area contributed by atoms with E-state index in [0.29, 0.717) is 56.2 Å². The minimum Gasteiger partial charge on any atom is -0.496 e. The van der Waals surface area contributed by atoms with E-state index in [4.69, 9.17) is 43.9 Å². The molecule has 3 aromatic heterocycles. The minimum atomic E-state index is -4.20. The molecule has 7 aromatic rings. The first-order valence-corrected chi connectivity index (χ1v) is 21.5. The number of para-hydroxylation sites is 1. The van der Waals surface area contributed by atoms with Gasteiger partial charge in [0.1, 0.15) is 54.5 Å². The lowest BCUT2D eigenvalue weighted by atomic mass is 10.0. The molecule has 0 aliphatic carbocycles. The monoisotopic (exact) mass is 942 g/mol. The molecular formula is C44H36BrClN4O11S. The van der Waals surface area contributed by atoms with E-state index in [1.54, 1.807) is 68.8 Å². The van der Waals surface area contributed by atoms with Gasteiger partial charge in [-0.05, 0) is 95.5 Å². The van der Waals surface area contributed by atoms with Gasteiger partial charge in [-0.2, -0.15) is 8.42 Å². The van der Waals surface area contributed by atoms with E-state index in [9.17, 15) is 18.3 Å². The number of hydrogen-bond donors (Lipinski definition) is 1. The van der Waals surface area contributed by atoms with Crippen molar-refractivity contribution in [3.63, 3.8) is 0 Å². The van der Waals surface area contributed by atoms with Crippen molar-refractivity contribution in [1.29, 1.82) is 0 Å². The largest absolute Gasteiger partial charge is 0.496 e. The molecule has 0 unspecified atom stereocenters. The van der Waals surface area contributed by atoms with E-state index in [2.05, 4.69) is 35.9 Å². The molecule has 1 N–H and O–H groups in total. The zero-order chi connectivity index (χ0) is 43.5. The van der Waals surface area contributed by atoms with Crippen molar-refractivity contribution in [3.05, 3.63) is 130 Å². The third-order valence-electron chi connectivity index (χ3n) is 9.88. The van der Waals surface area contributed by atoms with E-state index in [1.165, 1.54) is 18.5 Å². The Morgan fingerprint density at radius 3 is 2.55 bits per heavy atom. The fraction of sp³-hybridized carbons (Fsp3) is 0.205. The first kappa shape index (κ1) is 42.4. The summed E-state index contributed by atoms with van der Waals surface area (Å²) in [4.78, 5) is 30.7. The molecule has 5 heterocycles. The minimum absolute atomic E-state index is 0.0184. The Balaban J connectivity index is 1.18. The third kappa shape index (κ3) is 9.02. The number of halogens is 2. The van der Waals surface area contributed by atoms with Gasteiger partial charge >= 0.3 is 5.97 Å². The number of fused-ring (bicyclic) bond motifs is 7. The van der Waals surface area contributed by atoms with Crippen LogP contribution in [0.1, 0.15) is 22.4 Å². The lowest BCUT2D eigenvalue weighted by Crippen LogP contribution is -2.31. The van der Waals surface area contributed by atoms with Gasteiger partial charge in [-0.15, -0.1) is 0 Å². The predicted octanol–water partition coefficient (Wildman–Crippen LogP) is 8.59. The Bertz CT molecular complexity index is 2910. The van der Waals surface area contributed by atoms with Crippen molar-refractivity contribution < 1.29 is 50.6 Å². The fourth-order valence-corrected chi connectivity index (χ4v) is 8.41. The molecule has 4 aromatic carbocycles. The maximum atomic E-state index is 13.3. The van der Waals surface area contributed by atoms with E-state index in [0.717, 1.165) is 5.56 Å². The second-order valence-electron chi connectivity index (χ2n) is 14.0. The maximum absolute atomic E-state index is 13.3. The van der Waals surface area contributed by atoms with Crippen LogP contribution in [-0.2, 0) is 32.1 Å². The normalized spacial score (nSPS) is 15.2. The van der Waals surface area contributed by atoms with Crippen LogP contribution in [0.3, 0.4) is 0 Å². The van der Waals surface area contributed by atoms with Crippen molar-refractivity contribution in [1.82, 2.24) is 19.9 Å². The molecule has 9 rings (SSSR count). The summed E-state index contributed by atoms with van der Waals surface area (Å²) in [5.41, 5.74) is 4.18. The first-order chi connectivity index (χ1) is 29.9. The van der Waals surface area contributed by atoms with Crippen molar-refractivity contribution in [2.24, 2.45) is 0 Å². The molecule has 2 atom stereocenters. The molecular weight excluding hydrogens is 908 g/mol. The van der Waals surface area contributed by atoms with Crippen LogP contribution in [0.25, 0.3) is 33.6 Å². The van der Waals surface area contributed by atoms with Gasteiger partial charge in [0.25, 0.3) is 10.1 Å². The summed E-state index contributed by atoms with van der Waals surface area (Å²) in [6.45, 7) is 2.91. The summed E-state index contributed by atoms with van der Waals surface area (Å²) >= 11 is 10.5. The molecule has 0 saturated carbocycles. The van der Waals surface area contributed by atoms with Crippen molar-refractivity contribution in [3.8, 4) is 51.4 Å². The summed E-state index contributed by atoms with van der Waals surface area (Å²) in [5, 5.41) is 11.1. The number of carboxylic acids is 1. The van der Waals surface area contributed by atoms with Gasteiger partial charge < -0.3 is 33.2 Å². The first-order valence-electron chi connectivity index (χ1n) is 19.0. The van der Waals surface area contributed by atoms with Crippen LogP contribution in [-0.4, -0.2) is 72.0 Å². The zero-order valence-corrected chi connectivity index (χ0v) is 36.4. The number of carboxylic acid groups (broad SMARTS) is 1. The van der Waals surface area contributed by atoms with Crippen LogP contribution < -0.4 is 23.7 Å². The second kappa shape index (κ2) is 18.0. The molecule has 15 nitrogen and oxygen atoms in total. The Hall–Kier alpha value is -6.27. The summed E-state index contributed by atoms with van der Waals surface area (Å²) < 4.78 is 68.9. The zero-order valence-electron chi connectivity index (χ0n) is 33.2. The van der Waals surface area contributed by atoms with E-state index >= 15 is 0 Å². The lowest BCUT2D eigenvalue weighted by Gasteiger charge is -2.22. The average molecular weight is 944 g/mol. The molecule has 2 aliphatic heterocycles. The standard InChI is InChI=1S/C44H36BrClN4O11S/c1-24-8-11-30(12-9-24)62(53,54)58-22-29-21-56-28-10-14-33(57-20-27-16-17-47-41(50-27)32-6-4-5-7-34(32)55-3)26(18-28)19-36(44(51)52)60-42-38-37(40(45)61-43(38)49-23-48-42)31-13-15-35(59-29)39(46)25(31)2/h4-18,23,29,36H,19-22H2,1-3H3,(H,51,52)/t29-,36+/m0/s1. The van der Waals surface area contributed by atoms with Crippen molar-refractivity contribution in [2.75, 3.05) is 20.3 Å². The Morgan fingerprint density at radius 1 is 0.952 bits per heavy atom. The van der Waals surface area contributed by atoms with E-state index in [1.807, 2.05) is 31.2 Å². The molecule has 0 radical (unpaired) electrons. The number of aliphatic carboxylic acids is 1. The van der Waals surface area contributed by atoms with Crippen LogP contribution in [0.5, 0.6) is 28.9 Å². The smallest absolute Gasteiger partial charge is 0.345 e. The summed E-state index contributed by atoms with van der Waals surface area (Å²) in [6.07, 6.45) is 0.0520. The van der Waals surface area contributed by atoms with Crippen LogP contribution in [0.4, 0.5) is 0 Å². The quantitative estimate of drug-likeness (QED) is 0.128. The van der Waals surface area contributed by atoms with Crippen LogP contribution >= 0.6 is 27.5 Å². The number of aromatic nitrogens is 4. The Kier molecular flexibility index (Phi) is 12.3. The maximum Gasteiger partial charge on any atom is 0.345 e. The molecule has 318 valence electrons. The number of hydrogen-bond acceptors (Lipinski definition) is 14. The van der Waals surface area contributed by atoms with Crippen LogP contribution in [0.15, 0.2) is 111 Å². The molecule has 2 aliphatic rings. The number of nitrogens with zero attached hydrogens (tertiary/aromatic N) is 4. The highest BCUT2D eigenvalue weighted by Crippen LogP contribution is 2.45. The van der Waals surface area contributed by atoms with Gasteiger partial charge in [-0.3, -0.25) is 4.18 Å². The van der Waals surface area contributed by atoms with Gasteiger partial charge in [0.2, 0.25) is 17.7 Å². The van der Waals surface area contributed by atoms with Gasteiger partial charge in [0.05, 0.1) is 33.8 Å². The Morgan fingerprint density at radius 2 is 1.76 bits per heavy atom. The number of carbonyl (C=O) groups is 1. The molecule has 0 amide bonds. The van der Waals surface area contributed by atoms with E-state index < -0.39 is 34.9 Å². The highest BCUT2D eigenvalue weighted by molar-refractivity contribution is 9.10. The van der Waals surface area contributed by atoms with Gasteiger partial charge in [0.15, 0.2) is 16.6 Å². The van der Waals surface area contributed by atoms with Crippen molar-refractivity contribution >= 4 is 54.7 Å². The summed E-state index contributed by atoms with van der Waals surface area (Å²) in [7, 11) is -2.64. The molecule has 4 bridgehead atoms. The van der Waals surface area contributed by atoms with Crippen molar-refractivity contribution in [2.45, 2.75) is 44.0 Å². The SMILES string of the molecule is COc1ccccc1-c1nccc(COc2ccc3cc2C[C@H](C(=O)O)Oc2ncnc4oc(Br)c(c24)-c2ccc(c(Cl)c2C)O[C@H](COS(=O)(=O)c2ccc(C)cc2)CO3)n1. The van der Waals surface area contributed by atoms with E-state index in [-0.39, 0.29) is 57.3 Å². The topological polar surface area (TPSA) is 192 Å². The summed E-state index contributed by atoms with van der Waals surface area (Å²) in [6, 6.07) is 23.5. The number of benzene rings is 4. The molecule has 62 heavy (non-hydrogen) atoms. The average Bonchev–Trinajstić information content (AvgIpc) is 3.61. The summed E-state index contributed by atoms with van der Waals surface area (Å²) in [5.74, 6) is 0.477. The number of furan rings is 1. The molecule has 0 saturated heterocycles. The number of rotatable bonds is 10.